The predicted octanol–water partition coefficient (Wildman–Crippen LogP) is 7.08. The molecule has 0 N–H and O–H groups in total. The van der Waals surface area contributed by atoms with E-state index in [0.717, 1.165) is 11.2 Å². The van der Waals surface area contributed by atoms with Crippen LogP contribution in [0.3, 0.4) is 0 Å². The summed E-state index contributed by atoms with van der Waals surface area (Å²) in [6.07, 6.45) is 0. The van der Waals surface area contributed by atoms with Crippen LogP contribution in [-0.4, -0.2) is 4.98 Å². The van der Waals surface area contributed by atoms with Crippen LogP contribution < -0.4 is 0 Å². The van der Waals surface area contributed by atoms with Gasteiger partial charge in [-0.05, 0) is 34.4 Å². The highest BCUT2D eigenvalue weighted by Crippen LogP contribution is 2.37. The highest BCUT2D eigenvalue weighted by molar-refractivity contribution is 5.79. The zero-order valence-electron chi connectivity index (χ0n) is 16.1. The Bertz CT molecular complexity index is 1240. The number of aromatic nitrogens is 1. The van der Waals surface area contributed by atoms with E-state index in [2.05, 4.69) is 121 Å². The van der Waals surface area contributed by atoms with Gasteiger partial charge in [0.1, 0.15) is 0 Å². The fourth-order valence-corrected chi connectivity index (χ4v) is 4.03. The molecule has 29 heavy (non-hydrogen) atoms. The zero-order chi connectivity index (χ0) is 19.5. The maximum absolute atomic E-state index is 5.06. The van der Waals surface area contributed by atoms with Crippen LogP contribution in [0.2, 0.25) is 0 Å². The monoisotopic (exact) mass is 371 g/mol. The topological polar surface area (TPSA) is 12.9 Å². The van der Waals surface area contributed by atoms with Crippen LogP contribution in [0.1, 0.15) is 22.7 Å². The first-order valence-corrected chi connectivity index (χ1v) is 9.95. The Hall–Kier alpha value is -3.71. The summed E-state index contributed by atoms with van der Waals surface area (Å²) in [5, 5.41) is 1.17. The normalized spacial score (nSPS) is 12.0. The van der Waals surface area contributed by atoms with Gasteiger partial charge in [0.15, 0.2) is 0 Å². The zero-order valence-corrected chi connectivity index (χ0v) is 16.1. The first kappa shape index (κ1) is 17.4. The molecular formula is C28H21N. The molecule has 0 aliphatic heterocycles. The van der Waals surface area contributed by atoms with Crippen LogP contribution in [0, 0.1) is 0 Å². The molecule has 0 aliphatic carbocycles. The predicted molar refractivity (Wildman–Crippen MR) is 121 cm³/mol. The SMILES string of the molecule is c1ccc(-c2ccccc2C(c2ccccc2)c2ccc3ccccc3n2)cc1. The number of para-hydroxylation sites is 1. The molecule has 1 aromatic heterocycles. The van der Waals surface area contributed by atoms with E-state index >= 15 is 0 Å². The van der Waals surface area contributed by atoms with Gasteiger partial charge < -0.3 is 0 Å². The van der Waals surface area contributed by atoms with Gasteiger partial charge in [-0.2, -0.15) is 0 Å². The summed E-state index contributed by atoms with van der Waals surface area (Å²) in [6, 6.07) is 42.6. The number of benzene rings is 4. The molecule has 0 spiro atoms. The molecule has 138 valence electrons. The fraction of sp³-hybridized carbons (Fsp3) is 0.0357. The van der Waals surface area contributed by atoms with Crippen molar-refractivity contribution in [2.24, 2.45) is 0 Å². The summed E-state index contributed by atoms with van der Waals surface area (Å²) in [4.78, 5) is 5.06. The van der Waals surface area contributed by atoms with Crippen molar-refractivity contribution < 1.29 is 0 Å². The summed E-state index contributed by atoms with van der Waals surface area (Å²) in [5.41, 5.74) is 7.09. The van der Waals surface area contributed by atoms with Gasteiger partial charge in [0, 0.05) is 5.39 Å². The van der Waals surface area contributed by atoms with Crippen molar-refractivity contribution in [3.63, 3.8) is 0 Å². The van der Waals surface area contributed by atoms with Crippen LogP contribution in [-0.2, 0) is 0 Å². The van der Waals surface area contributed by atoms with Gasteiger partial charge >= 0.3 is 0 Å². The lowest BCUT2D eigenvalue weighted by Gasteiger charge is -2.21. The van der Waals surface area contributed by atoms with E-state index in [4.69, 9.17) is 4.98 Å². The smallest absolute Gasteiger partial charge is 0.0705 e. The molecule has 0 aliphatic rings. The van der Waals surface area contributed by atoms with E-state index in [-0.39, 0.29) is 5.92 Å². The molecule has 0 saturated carbocycles. The Morgan fingerprint density at radius 2 is 1.17 bits per heavy atom. The number of nitrogens with zero attached hydrogens (tertiary/aromatic N) is 1. The summed E-state index contributed by atoms with van der Waals surface area (Å²) in [5.74, 6) is 0.0669. The van der Waals surface area contributed by atoms with Crippen molar-refractivity contribution in [3.05, 3.63) is 138 Å². The van der Waals surface area contributed by atoms with Crippen LogP contribution >= 0.6 is 0 Å². The van der Waals surface area contributed by atoms with E-state index in [1.807, 2.05) is 0 Å². The van der Waals surface area contributed by atoms with Crippen LogP contribution in [0.5, 0.6) is 0 Å². The minimum atomic E-state index is 0.0669. The molecular weight excluding hydrogens is 350 g/mol. The molecule has 4 aromatic carbocycles. The third-order valence-corrected chi connectivity index (χ3v) is 5.41. The lowest BCUT2D eigenvalue weighted by atomic mass is 9.83. The molecule has 1 heteroatoms. The molecule has 0 fully saturated rings. The van der Waals surface area contributed by atoms with E-state index in [1.165, 1.54) is 27.6 Å². The molecule has 0 radical (unpaired) electrons. The van der Waals surface area contributed by atoms with Crippen molar-refractivity contribution in [2.45, 2.75) is 5.92 Å². The molecule has 1 heterocycles. The number of hydrogen-bond donors (Lipinski definition) is 0. The lowest BCUT2D eigenvalue weighted by molar-refractivity contribution is 0.931. The maximum Gasteiger partial charge on any atom is 0.0705 e. The molecule has 0 bridgehead atoms. The number of fused-ring (bicyclic) bond motifs is 1. The van der Waals surface area contributed by atoms with Crippen LogP contribution in [0.25, 0.3) is 22.0 Å². The molecule has 0 saturated heterocycles. The van der Waals surface area contributed by atoms with E-state index in [9.17, 15) is 0 Å². The standard InChI is InChI=1S/C28H21N/c1-3-11-21(12-4-1)24-16-8-9-17-25(24)28(23-14-5-2-6-15-23)27-20-19-22-13-7-10-18-26(22)29-27/h1-20,28H. The Labute approximate surface area is 171 Å². The second-order valence-electron chi connectivity index (χ2n) is 7.23. The third kappa shape index (κ3) is 3.43. The summed E-state index contributed by atoms with van der Waals surface area (Å²) >= 11 is 0. The maximum atomic E-state index is 5.06. The van der Waals surface area contributed by atoms with Gasteiger partial charge in [-0.3, -0.25) is 4.98 Å². The fourth-order valence-electron chi connectivity index (χ4n) is 4.03. The van der Waals surface area contributed by atoms with E-state index < -0.39 is 0 Å². The van der Waals surface area contributed by atoms with E-state index in [0.29, 0.717) is 0 Å². The Kier molecular flexibility index (Phi) is 4.63. The van der Waals surface area contributed by atoms with E-state index in [1.54, 1.807) is 0 Å². The van der Waals surface area contributed by atoms with Crippen molar-refractivity contribution in [1.82, 2.24) is 4.98 Å². The minimum absolute atomic E-state index is 0.0669. The molecule has 1 atom stereocenters. The summed E-state index contributed by atoms with van der Waals surface area (Å²) in [7, 11) is 0. The molecule has 5 rings (SSSR count). The Balaban J connectivity index is 1.74. The van der Waals surface area contributed by atoms with Gasteiger partial charge in [0.25, 0.3) is 0 Å². The minimum Gasteiger partial charge on any atom is -0.252 e. The Morgan fingerprint density at radius 3 is 2.00 bits per heavy atom. The first-order valence-electron chi connectivity index (χ1n) is 9.95. The third-order valence-electron chi connectivity index (χ3n) is 5.41. The van der Waals surface area contributed by atoms with Gasteiger partial charge in [0.2, 0.25) is 0 Å². The van der Waals surface area contributed by atoms with Crippen molar-refractivity contribution in [2.75, 3.05) is 0 Å². The molecule has 1 unspecified atom stereocenters. The average Bonchev–Trinajstić information content (AvgIpc) is 2.81. The number of hydrogen-bond acceptors (Lipinski definition) is 1. The van der Waals surface area contributed by atoms with Crippen LogP contribution in [0.4, 0.5) is 0 Å². The highest BCUT2D eigenvalue weighted by Gasteiger charge is 2.21. The summed E-state index contributed by atoms with van der Waals surface area (Å²) in [6.45, 7) is 0. The van der Waals surface area contributed by atoms with Crippen molar-refractivity contribution in [3.8, 4) is 11.1 Å². The highest BCUT2D eigenvalue weighted by atomic mass is 14.7. The molecule has 1 nitrogen and oxygen atoms in total. The quantitative estimate of drug-likeness (QED) is 0.329. The van der Waals surface area contributed by atoms with Gasteiger partial charge in [-0.15, -0.1) is 0 Å². The molecule has 0 amide bonds. The van der Waals surface area contributed by atoms with Crippen LogP contribution in [0.15, 0.2) is 121 Å². The lowest BCUT2D eigenvalue weighted by Crippen LogP contribution is -2.07. The van der Waals surface area contributed by atoms with Gasteiger partial charge in [-0.1, -0.05) is 109 Å². The second-order valence-corrected chi connectivity index (χ2v) is 7.23. The number of pyridine rings is 1. The Morgan fingerprint density at radius 1 is 0.517 bits per heavy atom. The average molecular weight is 371 g/mol. The first-order chi connectivity index (χ1) is 14.4. The largest absolute Gasteiger partial charge is 0.252 e. The van der Waals surface area contributed by atoms with Gasteiger partial charge in [-0.25, -0.2) is 0 Å². The second kappa shape index (κ2) is 7.73. The molecule has 5 aromatic rings. The van der Waals surface area contributed by atoms with Gasteiger partial charge in [0.05, 0.1) is 17.1 Å². The number of rotatable bonds is 4. The van der Waals surface area contributed by atoms with Crippen molar-refractivity contribution in [1.29, 1.82) is 0 Å². The summed E-state index contributed by atoms with van der Waals surface area (Å²) < 4.78 is 0. The van der Waals surface area contributed by atoms with Crippen molar-refractivity contribution >= 4 is 10.9 Å².